The van der Waals surface area contributed by atoms with Gasteiger partial charge in [-0.2, -0.15) is 0 Å². The van der Waals surface area contributed by atoms with Crippen molar-refractivity contribution in [2.24, 2.45) is 0 Å². The fraction of sp³-hybridized carbons (Fsp3) is 0.545. The van der Waals surface area contributed by atoms with Crippen molar-refractivity contribution in [1.82, 2.24) is 9.97 Å². The van der Waals surface area contributed by atoms with E-state index in [0.29, 0.717) is 0 Å². The molecule has 0 N–H and O–H groups in total. The third kappa shape index (κ3) is 6.81. The summed E-state index contributed by atoms with van der Waals surface area (Å²) in [7, 11) is 0. The van der Waals surface area contributed by atoms with E-state index in [1.807, 2.05) is 12.4 Å². The van der Waals surface area contributed by atoms with E-state index in [9.17, 15) is 0 Å². The number of hydrogen-bond acceptors (Lipinski definition) is 3. The molecular formula is C22H32N2S. The first kappa shape index (κ1) is 20.0. The van der Waals surface area contributed by atoms with Gasteiger partial charge in [-0.3, -0.25) is 0 Å². The minimum absolute atomic E-state index is 0.771. The highest BCUT2D eigenvalue weighted by molar-refractivity contribution is 7.80. The first-order valence-electron chi connectivity index (χ1n) is 9.87. The number of hydrogen-bond donors (Lipinski definition) is 1. The topological polar surface area (TPSA) is 25.8 Å². The summed E-state index contributed by atoms with van der Waals surface area (Å²) < 4.78 is 0. The van der Waals surface area contributed by atoms with Crippen molar-refractivity contribution in [3.8, 4) is 11.4 Å². The van der Waals surface area contributed by atoms with Gasteiger partial charge in [-0.25, -0.2) is 9.97 Å². The number of aromatic nitrogens is 2. The molecule has 2 aromatic rings. The molecule has 0 aliphatic carbocycles. The molecule has 1 aromatic carbocycles. The summed E-state index contributed by atoms with van der Waals surface area (Å²) in [5.74, 6) is 0.771. The summed E-state index contributed by atoms with van der Waals surface area (Å²) in [6, 6.07) is 6.50. The van der Waals surface area contributed by atoms with Gasteiger partial charge in [0.1, 0.15) is 0 Å². The Bertz CT molecular complexity index is 622. The van der Waals surface area contributed by atoms with Gasteiger partial charge in [0, 0.05) is 22.9 Å². The quantitative estimate of drug-likeness (QED) is 0.359. The van der Waals surface area contributed by atoms with Gasteiger partial charge in [-0.1, -0.05) is 64.9 Å². The number of rotatable bonds is 11. The molecule has 1 aromatic heterocycles. The molecule has 0 saturated carbocycles. The third-order valence-corrected chi connectivity index (χ3v) is 4.99. The summed E-state index contributed by atoms with van der Waals surface area (Å²) >= 11 is 4.67. The Morgan fingerprint density at radius 3 is 2.08 bits per heavy atom. The molecule has 136 valence electrons. The van der Waals surface area contributed by atoms with Crippen LogP contribution >= 0.6 is 12.6 Å². The molecule has 0 unspecified atom stereocenters. The van der Waals surface area contributed by atoms with Gasteiger partial charge < -0.3 is 0 Å². The Morgan fingerprint density at radius 2 is 1.44 bits per heavy atom. The van der Waals surface area contributed by atoms with Crippen LogP contribution in [0.4, 0.5) is 0 Å². The van der Waals surface area contributed by atoms with E-state index in [1.165, 1.54) is 56.1 Å². The van der Waals surface area contributed by atoms with Crippen LogP contribution < -0.4 is 0 Å². The molecule has 0 radical (unpaired) electrons. The Labute approximate surface area is 158 Å². The Kier molecular flexibility index (Phi) is 9.03. The van der Waals surface area contributed by atoms with Crippen LogP contribution in [-0.4, -0.2) is 9.97 Å². The summed E-state index contributed by atoms with van der Waals surface area (Å²) in [6.45, 7) is 4.44. The SMILES string of the molecule is CCCCCCCCCc1ccc(-c2ncc(CCC)cn2)c(S)c1. The Morgan fingerprint density at radius 1 is 0.760 bits per heavy atom. The summed E-state index contributed by atoms with van der Waals surface area (Å²) in [5.41, 5.74) is 3.59. The highest BCUT2D eigenvalue weighted by atomic mass is 32.1. The lowest BCUT2D eigenvalue weighted by atomic mass is 10.0. The predicted octanol–water partition coefficient (Wildman–Crippen LogP) is 6.68. The van der Waals surface area contributed by atoms with Crippen molar-refractivity contribution >= 4 is 12.6 Å². The number of thiol groups is 1. The van der Waals surface area contributed by atoms with E-state index < -0.39 is 0 Å². The standard InChI is InChI=1S/C22H32N2S/c1-3-5-6-7-8-9-10-12-18-13-14-20(21(25)15-18)22-23-16-19(11-4-2)17-24-22/h13-17,25H,3-12H2,1-2H3. The zero-order valence-electron chi connectivity index (χ0n) is 15.8. The number of nitrogens with zero attached hydrogens (tertiary/aromatic N) is 2. The molecule has 2 nitrogen and oxygen atoms in total. The highest BCUT2D eigenvalue weighted by Crippen LogP contribution is 2.25. The molecule has 0 aliphatic heterocycles. The maximum Gasteiger partial charge on any atom is 0.160 e. The van der Waals surface area contributed by atoms with E-state index in [1.54, 1.807) is 0 Å². The minimum atomic E-state index is 0.771. The van der Waals surface area contributed by atoms with Crippen LogP contribution in [0.3, 0.4) is 0 Å². The van der Waals surface area contributed by atoms with Crippen LogP contribution in [-0.2, 0) is 12.8 Å². The second kappa shape index (κ2) is 11.3. The molecule has 3 heteroatoms. The fourth-order valence-corrected chi connectivity index (χ4v) is 3.46. The fourth-order valence-electron chi connectivity index (χ4n) is 3.12. The molecule has 0 bridgehead atoms. The van der Waals surface area contributed by atoms with Crippen LogP contribution in [0, 0.1) is 0 Å². The van der Waals surface area contributed by atoms with Crippen LogP contribution in [0.2, 0.25) is 0 Å². The van der Waals surface area contributed by atoms with Crippen molar-refractivity contribution in [2.75, 3.05) is 0 Å². The number of aryl methyl sites for hydroxylation is 2. The average Bonchev–Trinajstić information content (AvgIpc) is 2.62. The number of unbranched alkanes of at least 4 members (excludes halogenated alkanes) is 6. The Balaban J connectivity index is 1.85. The molecule has 25 heavy (non-hydrogen) atoms. The Hall–Kier alpha value is -1.35. The van der Waals surface area contributed by atoms with E-state index in [0.717, 1.165) is 35.5 Å². The summed E-state index contributed by atoms with van der Waals surface area (Å²) in [4.78, 5) is 9.99. The lowest BCUT2D eigenvalue weighted by molar-refractivity contribution is 0.589. The lowest BCUT2D eigenvalue weighted by Gasteiger charge is -2.08. The first-order chi connectivity index (χ1) is 12.2. The third-order valence-electron chi connectivity index (χ3n) is 4.62. The molecule has 2 rings (SSSR count). The lowest BCUT2D eigenvalue weighted by Crippen LogP contribution is -1.94. The molecule has 0 saturated heterocycles. The van der Waals surface area contributed by atoms with E-state index in [2.05, 4.69) is 54.6 Å². The largest absolute Gasteiger partial charge is 0.236 e. The van der Waals surface area contributed by atoms with Gasteiger partial charge in [0.2, 0.25) is 0 Å². The smallest absolute Gasteiger partial charge is 0.160 e. The van der Waals surface area contributed by atoms with Crippen molar-refractivity contribution in [2.45, 2.75) is 83.0 Å². The van der Waals surface area contributed by atoms with Crippen molar-refractivity contribution in [1.29, 1.82) is 0 Å². The van der Waals surface area contributed by atoms with Gasteiger partial charge in [0.15, 0.2) is 5.82 Å². The van der Waals surface area contributed by atoms with Crippen molar-refractivity contribution in [3.63, 3.8) is 0 Å². The van der Waals surface area contributed by atoms with Crippen molar-refractivity contribution < 1.29 is 0 Å². The normalized spacial score (nSPS) is 11.0. The van der Waals surface area contributed by atoms with Gasteiger partial charge in [0.05, 0.1) is 0 Å². The molecular weight excluding hydrogens is 324 g/mol. The summed E-state index contributed by atoms with van der Waals surface area (Å²) in [5, 5.41) is 0. The zero-order chi connectivity index (χ0) is 17.9. The molecule has 0 atom stereocenters. The predicted molar refractivity (Wildman–Crippen MR) is 110 cm³/mol. The zero-order valence-corrected chi connectivity index (χ0v) is 16.7. The molecule has 0 aliphatic rings. The molecule has 0 fully saturated rings. The van der Waals surface area contributed by atoms with E-state index in [4.69, 9.17) is 0 Å². The maximum absolute atomic E-state index is 4.67. The highest BCUT2D eigenvalue weighted by Gasteiger charge is 2.07. The average molecular weight is 357 g/mol. The van der Waals surface area contributed by atoms with E-state index >= 15 is 0 Å². The minimum Gasteiger partial charge on any atom is -0.236 e. The van der Waals surface area contributed by atoms with Crippen LogP contribution in [0.15, 0.2) is 35.5 Å². The first-order valence-corrected chi connectivity index (χ1v) is 10.3. The van der Waals surface area contributed by atoms with Crippen molar-refractivity contribution in [3.05, 3.63) is 41.7 Å². The van der Waals surface area contributed by atoms with Gasteiger partial charge in [-0.15, -0.1) is 12.6 Å². The molecule has 1 heterocycles. The maximum atomic E-state index is 4.67. The second-order valence-electron chi connectivity index (χ2n) is 6.89. The van der Waals surface area contributed by atoms with Gasteiger partial charge in [-0.05, 0) is 42.5 Å². The van der Waals surface area contributed by atoms with Crippen LogP contribution in [0.5, 0.6) is 0 Å². The molecule has 0 amide bonds. The number of benzene rings is 1. The van der Waals surface area contributed by atoms with Crippen LogP contribution in [0.25, 0.3) is 11.4 Å². The van der Waals surface area contributed by atoms with Gasteiger partial charge >= 0.3 is 0 Å². The molecule has 0 spiro atoms. The monoisotopic (exact) mass is 356 g/mol. The van der Waals surface area contributed by atoms with Gasteiger partial charge in [0.25, 0.3) is 0 Å². The van der Waals surface area contributed by atoms with Crippen LogP contribution in [0.1, 0.15) is 76.3 Å². The van der Waals surface area contributed by atoms with E-state index in [-0.39, 0.29) is 0 Å². The second-order valence-corrected chi connectivity index (χ2v) is 7.37. The summed E-state index contributed by atoms with van der Waals surface area (Å²) in [6.07, 6.45) is 16.6.